The van der Waals surface area contributed by atoms with Gasteiger partial charge in [-0.2, -0.15) is 13.2 Å². The van der Waals surface area contributed by atoms with E-state index in [1.54, 1.807) is 54.6 Å². The number of ether oxygens (including phenoxy) is 2. The molecule has 0 spiro atoms. The molecule has 1 unspecified atom stereocenters. The summed E-state index contributed by atoms with van der Waals surface area (Å²) in [4.78, 5) is 0. The van der Waals surface area contributed by atoms with Crippen LogP contribution < -0.4 is 9.47 Å². The van der Waals surface area contributed by atoms with Crippen molar-refractivity contribution in [3.8, 4) is 11.5 Å². The Hall–Kier alpha value is -2.15. The van der Waals surface area contributed by atoms with Gasteiger partial charge in [-0.25, -0.2) is 12.6 Å². The van der Waals surface area contributed by atoms with E-state index in [2.05, 4.69) is 0 Å². The average Bonchev–Trinajstić information content (AvgIpc) is 3.01. The predicted molar refractivity (Wildman–Crippen MR) is 92.9 cm³/mol. The molecule has 0 saturated heterocycles. The maximum absolute atomic E-state index is 12.8. The zero-order chi connectivity index (χ0) is 20.6. The summed E-state index contributed by atoms with van der Waals surface area (Å²) in [5, 5.41) is 0. The van der Waals surface area contributed by atoms with Gasteiger partial charge in [0, 0.05) is 18.5 Å². The highest BCUT2D eigenvalue weighted by molar-refractivity contribution is 7.99. The Balaban J connectivity index is 1.95. The summed E-state index contributed by atoms with van der Waals surface area (Å²) in [7, 11) is -6.03. The normalized spacial score (nSPS) is 16.9. The summed E-state index contributed by atoms with van der Waals surface area (Å²) in [5.41, 5.74) is -5.33. The molecule has 28 heavy (non-hydrogen) atoms. The number of halogens is 3. The van der Waals surface area contributed by atoms with Crippen molar-refractivity contribution in [3.05, 3.63) is 60.2 Å². The van der Waals surface area contributed by atoms with Crippen LogP contribution in [0.1, 0.15) is 12.0 Å². The molecule has 2 aromatic carbocycles. The van der Waals surface area contributed by atoms with Crippen molar-refractivity contribution >= 4 is 21.3 Å². The van der Waals surface area contributed by atoms with Crippen LogP contribution in [0.2, 0.25) is 0 Å². The minimum atomic E-state index is -6.03. The maximum atomic E-state index is 12.8. The Morgan fingerprint density at radius 2 is 1.50 bits per heavy atom. The summed E-state index contributed by atoms with van der Waals surface area (Å²) in [5.74, 6) is -1.05. The second kappa shape index (κ2) is 7.35. The standard InChI is InChI=1S/C16H14F3NO6S2/c17-16(18,19)28(23,24)20(27(21)22)11-10-15(12-6-2-1-3-7-12)25-13-8-4-5-9-14(13)26-15/h1-9H,10-11H2,(H,21,22). The largest absolute Gasteiger partial charge is 0.512 e. The van der Waals surface area contributed by atoms with Crippen LogP contribution >= 0.6 is 0 Å². The third-order valence-corrected chi connectivity index (χ3v) is 6.78. The first kappa shape index (κ1) is 20.6. The summed E-state index contributed by atoms with van der Waals surface area (Å²) in [6.45, 7) is -0.978. The Morgan fingerprint density at radius 1 is 1.00 bits per heavy atom. The Labute approximate surface area is 161 Å². The highest BCUT2D eigenvalue weighted by atomic mass is 32.3. The lowest BCUT2D eigenvalue weighted by Crippen LogP contribution is -2.45. The van der Waals surface area contributed by atoms with E-state index in [1.807, 2.05) is 0 Å². The summed E-state index contributed by atoms with van der Waals surface area (Å²) in [6.07, 6.45) is -0.479. The molecule has 1 atom stereocenters. The van der Waals surface area contributed by atoms with Gasteiger partial charge in [0.05, 0.1) is 0 Å². The van der Waals surface area contributed by atoms with Crippen molar-refractivity contribution in [3.63, 3.8) is 0 Å². The third-order valence-electron chi connectivity index (χ3n) is 3.97. The number of hydrogen-bond donors (Lipinski definition) is 1. The van der Waals surface area contributed by atoms with Crippen molar-refractivity contribution in [1.82, 2.24) is 3.71 Å². The summed E-state index contributed by atoms with van der Waals surface area (Å²) in [6, 6.07) is 14.6. The van der Waals surface area contributed by atoms with Gasteiger partial charge in [0.25, 0.3) is 5.79 Å². The second-order valence-electron chi connectivity index (χ2n) is 5.73. The second-order valence-corrected chi connectivity index (χ2v) is 8.71. The van der Waals surface area contributed by atoms with Crippen molar-refractivity contribution in [1.29, 1.82) is 0 Å². The summed E-state index contributed by atoms with van der Waals surface area (Å²) < 4.78 is 93.3. The van der Waals surface area contributed by atoms with Gasteiger partial charge in [-0.1, -0.05) is 46.2 Å². The Bertz CT molecular complexity index is 956. The molecular formula is C16H14F3NO6S2. The van der Waals surface area contributed by atoms with Gasteiger partial charge >= 0.3 is 15.5 Å². The monoisotopic (exact) mass is 437 g/mol. The number of para-hydroxylation sites is 2. The molecule has 7 nitrogen and oxygen atoms in total. The molecule has 1 N–H and O–H groups in total. The minimum absolute atomic E-state index is 0.307. The minimum Gasteiger partial charge on any atom is -0.444 e. The molecule has 1 heterocycles. The van der Waals surface area contributed by atoms with E-state index in [4.69, 9.17) is 14.0 Å². The molecule has 0 amide bonds. The van der Waals surface area contributed by atoms with Crippen LogP contribution in [-0.4, -0.2) is 32.9 Å². The van der Waals surface area contributed by atoms with Crippen LogP contribution in [0.25, 0.3) is 0 Å². The number of sulfonamides is 1. The SMILES string of the molecule is O=S(O)N(CCC1(c2ccccc2)Oc2ccccc2O1)S(=O)(=O)C(F)(F)F. The van der Waals surface area contributed by atoms with Crippen molar-refractivity contribution in [2.75, 3.05) is 6.54 Å². The smallest absolute Gasteiger partial charge is 0.444 e. The maximum Gasteiger partial charge on any atom is 0.512 e. The number of hydrogen-bond acceptors (Lipinski definition) is 5. The zero-order valence-corrected chi connectivity index (χ0v) is 15.6. The number of fused-ring (bicyclic) bond motifs is 1. The van der Waals surface area contributed by atoms with Crippen LogP contribution in [0.5, 0.6) is 11.5 Å². The number of rotatable bonds is 6. The van der Waals surface area contributed by atoms with E-state index in [9.17, 15) is 25.8 Å². The van der Waals surface area contributed by atoms with Gasteiger partial charge in [0.1, 0.15) is 0 Å². The molecule has 0 aliphatic carbocycles. The molecule has 1 aliphatic rings. The zero-order valence-electron chi connectivity index (χ0n) is 14.0. The molecule has 2 aromatic rings. The highest BCUT2D eigenvalue weighted by Gasteiger charge is 2.53. The van der Waals surface area contributed by atoms with E-state index in [-0.39, 0.29) is 0 Å². The van der Waals surface area contributed by atoms with Crippen molar-refractivity contribution in [2.45, 2.75) is 17.7 Å². The van der Waals surface area contributed by atoms with E-state index < -0.39 is 49.3 Å². The van der Waals surface area contributed by atoms with Crippen LogP contribution in [-0.2, 0) is 27.1 Å². The van der Waals surface area contributed by atoms with E-state index in [0.717, 1.165) is 0 Å². The number of benzene rings is 2. The van der Waals surface area contributed by atoms with Crippen LogP contribution in [0.3, 0.4) is 0 Å². The molecule has 0 radical (unpaired) electrons. The third kappa shape index (κ3) is 3.72. The molecule has 0 fully saturated rings. The molecule has 152 valence electrons. The molecule has 12 heteroatoms. The highest BCUT2D eigenvalue weighted by Crippen LogP contribution is 2.46. The lowest BCUT2D eigenvalue weighted by atomic mass is 10.0. The first-order chi connectivity index (χ1) is 13.1. The van der Waals surface area contributed by atoms with Crippen LogP contribution in [0.4, 0.5) is 13.2 Å². The fraction of sp³-hybridized carbons (Fsp3) is 0.250. The molecular weight excluding hydrogens is 423 g/mol. The van der Waals surface area contributed by atoms with E-state index in [1.165, 1.54) is 0 Å². The van der Waals surface area contributed by atoms with E-state index >= 15 is 0 Å². The Kier molecular flexibility index (Phi) is 5.40. The van der Waals surface area contributed by atoms with Gasteiger partial charge in [0.15, 0.2) is 11.5 Å². The first-order valence-electron chi connectivity index (χ1n) is 7.79. The fourth-order valence-electron chi connectivity index (χ4n) is 2.69. The average molecular weight is 437 g/mol. The van der Waals surface area contributed by atoms with Gasteiger partial charge in [0.2, 0.25) is 11.3 Å². The van der Waals surface area contributed by atoms with Gasteiger partial charge < -0.3 is 9.47 Å². The quantitative estimate of drug-likeness (QED) is 0.699. The molecule has 0 aromatic heterocycles. The summed E-state index contributed by atoms with van der Waals surface area (Å²) >= 11 is -3.43. The predicted octanol–water partition coefficient (Wildman–Crippen LogP) is 2.99. The fourth-order valence-corrected chi connectivity index (χ4v) is 4.42. The van der Waals surface area contributed by atoms with Crippen molar-refractivity contribution in [2.24, 2.45) is 0 Å². The van der Waals surface area contributed by atoms with Crippen molar-refractivity contribution < 1.29 is 39.8 Å². The van der Waals surface area contributed by atoms with E-state index in [0.29, 0.717) is 17.1 Å². The molecule has 1 aliphatic heterocycles. The van der Waals surface area contributed by atoms with Crippen LogP contribution in [0, 0.1) is 0 Å². The number of nitrogens with zero attached hydrogens (tertiary/aromatic N) is 1. The molecule has 0 saturated carbocycles. The van der Waals surface area contributed by atoms with Crippen LogP contribution in [0.15, 0.2) is 54.6 Å². The lowest BCUT2D eigenvalue weighted by Gasteiger charge is -2.30. The Morgan fingerprint density at radius 3 is 1.96 bits per heavy atom. The van der Waals surface area contributed by atoms with Gasteiger partial charge in [-0.05, 0) is 12.1 Å². The topological polar surface area (TPSA) is 93.1 Å². The number of alkyl halides is 3. The van der Waals surface area contributed by atoms with Gasteiger partial charge in [-0.15, -0.1) is 0 Å². The lowest BCUT2D eigenvalue weighted by molar-refractivity contribution is -0.0942. The molecule has 3 rings (SSSR count). The molecule has 0 bridgehead atoms. The van der Waals surface area contributed by atoms with Gasteiger partial charge in [-0.3, -0.25) is 4.55 Å². The first-order valence-corrected chi connectivity index (χ1v) is 10.3.